The van der Waals surface area contributed by atoms with E-state index in [1.54, 1.807) is 23.7 Å². The van der Waals surface area contributed by atoms with Crippen molar-refractivity contribution in [2.75, 3.05) is 13.1 Å². The van der Waals surface area contributed by atoms with Gasteiger partial charge in [0, 0.05) is 45.0 Å². The van der Waals surface area contributed by atoms with Crippen molar-refractivity contribution in [3.05, 3.63) is 60.0 Å². The smallest absolute Gasteiger partial charge is 0.181 e. The second-order valence-electron chi connectivity index (χ2n) is 9.22. The minimum absolute atomic E-state index is 0.212. The Morgan fingerprint density at radius 2 is 1.86 bits per heavy atom. The van der Waals surface area contributed by atoms with E-state index in [1.807, 2.05) is 24.5 Å². The summed E-state index contributed by atoms with van der Waals surface area (Å²) in [5.74, 6) is 1.45. The number of hydrogen-bond acceptors (Lipinski definition) is 8. The lowest BCUT2D eigenvalue weighted by molar-refractivity contribution is 0.162. The molecule has 0 spiro atoms. The van der Waals surface area contributed by atoms with E-state index in [0.717, 1.165) is 65.0 Å². The second-order valence-corrected chi connectivity index (χ2v) is 10.5. The van der Waals surface area contributed by atoms with Crippen LogP contribution >= 0.6 is 11.3 Å². The fourth-order valence-corrected chi connectivity index (χ4v) is 5.70. The van der Waals surface area contributed by atoms with E-state index in [1.165, 1.54) is 9.75 Å². The third-order valence-corrected chi connectivity index (χ3v) is 7.71. The summed E-state index contributed by atoms with van der Waals surface area (Å²) in [7, 11) is 0. The second kappa shape index (κ2) is 9.06. The number of aryl methyl sites for hydroxylation is 1. The van der Waals surface area contributed by atoms with Gasteiger partial charge in [-0.05, 0) is 63.2 Å². The lowest BCUT2D eigenvalue weighted by Crippen LogP contribution is -2.34. The number of thiophene rings is 1. The molecular formula is C27H24N8OS. The zero-order chi connectivity index (χ0) is 24.8. The molecule has 9 nitrogen and oxygen atoms in total. The first kappa shape index (κ1) is 22.1. The Morgan fingerprint density at radius 3 is 2.73 bits per heavy atom. The molecule has 1 aliphatic rings. The van der Waals surface area contributed by atoms with E-state index in [0.29, 0.717) is 17.1 Å². The van der Waals surface area contributed by atoms with Crippen LogP contribution in [-0.2, 0) is 0 Å². The Morgan fingerprint density at radius 1 is 0.973 bits per heavy atom. The van der Waals surface area contributed by atoms with E-state index < -0.39 is 0 Å². The summed E-state index contributed by atoms with van der Waals surface area (Å²) in [6.07, 6.45) is 9.42. The number of rotatable bonds is 5. The predicted molar refractivity (Wildman–Crippen MR) is 145 cm³/mol. The zero-order valence-electron chi connectivity index (χ0n) is 20.2. The van der Waals surface area contributed by atoms with E-state index in [2.05, 4.69) is 60.6 Å². The van der Waals surface area contributed by atoms with Crippen molar-refractivity contribution < 1.29 is 4.74 Å². The van der Waals surface area contributed by atoms with Crippen molar-refractivity contribution in [1.29, 1.82) is 0 Å². The minimum atomic E-state index is 0.212. The molecule has 37 heavy (non-hydrogen) atoms. The Balaban J connectivity index is 1.26. The average Bonchev–Trinajstić information content (AvgIpc) is 3.66. The fraction of sp³-hybridized carbons (Fsp3) is 0.222. The molecule has 10 heteroatoms. The monoisotopic (exact) mass is 508 g/mol. The van der Waals surface area contributed by atoms with Crippen LogP contribution in [-0.4, -0.2) is 54.3 Å². The van der Waals surface area contributed by atoms with E-state index >= 15 is 0 Å². The molecule has 0 aliphatic carbocycles. The zero-order valence-corrected chi connectivity index (χ0v) is 21.0. The molecule has 0 aromatic carbocycles. The van der Waals surface area contributed by atoms with Gasteiger partial charge in [-0.2, -0.15) is 5.10 Å². The lowest BCUT2D eigenvalue weighted by Gasteiger charge is -2.23. The quantitative estimate of drug-likeness (QED) is 0.296. The van der Waals surface area contributed by atoms with Crippen LogP contribution in [0.25, 0.3) is 55.3 Å². The van der Waals surface area contributed by atoms with Crippen LogP contribution in [0.3, 0.4) is 0 Å². The lowest BCUT2D eigenvalue weighted by atomic mass is 10.1. The number of ether oxygens (including phenoxy) is 1. The number of aromatic nitrogens is 7. The highest BCUT2D eigenvalue weighted by Crippen LogP contribution is 2.34. The molecule has 1 saturated heterocycles. The van der Waals surface area contributed by atoms with Gasteiger partial charge >= 0.3 is 0 Å². The van der Waals surface area contributed by atoms with Crippen LogP contribution < -0.4 is 10.1 Å². The number of nitrogens with one attached hydrogen (secondary N) is 3. The number of H-pyrrole nitrogens is 2. The molecule has 7 rings (SSSR count). The number of nitrogens with zero attached hydrogens (tertiary/aromatic N) is 5. The number of hydrogen-bond donors (Lipinski definition) is 3. The SMILES string of the molecule is Cc1ccc(-c2ccnc3nc(-c4[nH]nc5ncc(-c6cncc(OC7CCNCC7)c6)cc45)[nH]c23)s1. The van der Waals surface area contributed by atoms with Crippen molar-refractivity contribution in [2.24, 2.45) is 0 Å². The molecule has 6 aromatic rings. The molecule has 0 radical (unpaired) electrons. The third kappa shape index (κ3) is 4.13. The standard InChI is InChI=1S/C27H24N8OS/c1-15-2-3-22(37-15)20-6-9-30-26-23(20)32-27(33-26)24-21-11-17(13-31-25(21)35-34-24)16-10-19(14-29-12-16)36-18-4-7-28-8-5-18/h2-3,6,9-14,18,28H,4-5,7-8H2,1H3,(H,30,32,33)(H,31,34,35). The van der Waals surface area contributed by atoms with Crippen molar-refractivity contribution in [3.63, 3.8) is 0 Å². The molecule has 0 amide bonds. The summed E-state index contributed by atoms with van der Waals surface area (Å²) < 4.78 is 6.20. The largest absolute Gasteiger partial charge is 0.489 e. The van der Waals surface area contributed by atoms with Crippen LogP contribution in [0.2, 0.25) is 0 Å². The molecule has 1 aliphatic heterocycles. The number of piperidine rings is 1. The summed E-state index contributed by atoms with van der Waals surface area (Å²) in [5.41, 5.74) is 5.91. The normalized spacial score (nSPS) is 14.5. The van der Waals surface area contributed by atoms with Crippen LogP contribution in [0, 0.1) is 6.92 Å². The van der Waals surface area contributed by atoms with Gasteiger partial charge in [0.2, 0.25) is 0 Å². The summed E-state index contributed by atoms with van der Waals surface area (Å²) in [4.78, 5) is 24.2. The number of aromatic amines is 2. The molecule has 0 saturated carbocycles. The predicted octanol–water partition coefficient (Wildman–Crippen LogP) is 5.13. The van der Waals surface area contributed by atoms with Crippen molar-refractivity contribution in [2.45, 2.75) is 25.9 Å². The van der Waals surface area contributed by atoms with Gasteiger partial charge in [0.05, 0.1) is 17.1 Å². The molecule has 184 valence electrons. The van der Waals surface area contributed by atoms with E-state index in [-0.39, 0.29) is 6.10 Å². The summed E-state index contributed by atoms with van der Waals surface area (Å²) in [5, 5.41) is 11.8. The molecule has 3 N–H and O–H groups in total. The Kier molecular flexibility index (Phi) is 5.40. The molecule has 0 atom stereocenters. The van der Waals surface area contributed by atoms with Gasteiger partial charge in [0.25, 0.3) is 0 Å². The van der Waals surface area contributed by atoms with Gasteiger partial charge in [-0.15, -0.1) is 11.3 Å². The van der Waals surface area contributed by atoms with Gasteiger partial charge in [0.1, 0.15) is 17.5 Å². The minimum Gasteiger partial charge on any atom is -0.489 e. The van der Waals surface area contributed by atoms with Crippen molar-refractivity contribution in [1.82, 2.24) is 40.4 Å². The van der Waals surface area contributed by atoms with E-state index in [4.69, 9.17) is 9.72 Å². The van der Waals surface area contributed by atoms with Gasteiger partial charge in [-0.3, -0.25) is 10.1 Å². The summed E-state index contributed by atoms with van der Waals surface area (Å²) in [6, 6.07) is 10.4. The maximum absolute atomic E-state index is 6.20. The fourth-order valence-electron chi connectivity index (χ4n) is 4.80. The van der Waals surface area contributed by atoms with Gasteiger partial charge < -0.3 is 15.0 Å². The molecule has 0 unspecified atom stereocenters. The molecule has 6 aromatic heterocycles. The molecule has 1 fully saturated rings. The van der Waals surface area contributed by atoms with Crippen LogP contribution in [0.5, 0.6) is 5.75 Å². The maximum atomic E-state index is 6.20. The van der Waals surface area contributed by atoms with Crippen molar-refractivity contribution in [3.8, 4) is 38.8 Å². The van der Waals surface area contributed by atoms with Crippen LogP contribution in [0.4, 0.5) is 0 Å². The van der Waals surface area contributed by atoms with Gasteiger partial charge in [-0.25, -0.2) is 15.0 Å². The first-order chi connectivity index (χ1) is 18.2. The van der Waals surface area contributed by atoms with E-state index in [9.17, 15) is 0 Å². The molecule has 0 bridgehead atoms. The Bertz CT molecular complexity index is 1730. The number of imidazole rings is 1. The van der Waals surface area contributed by atoms with Gasteiger partial charge in [0.15, 0.2) is 17.1 Å². The van der Waals surface area contributed by atoms with Crippen molar-refractivity contribution >= 4 is 33.5 Å². The van der Waals surface area contributed by atoms with Crippen LogP contribution in [0.1, 0.15) is 17.7 Å². The Labute approximate surface area is 216 Å². The topological polar surface area (TPSA) is 117 Å². The Hall–Kier alpha value is -4.15. The number of pyridine rings is 3. The highest BCUT2D eigenvalue weighted by atomic mass is 32.1. The first-order valence-electron chi connectivity index (χ1n) is 12.3. The number of fused-ring (bicyclic) bond motifs is 2. The maximum Gasteiger partial charge on any atom is 0.181 e. The summed E-state index contributed by atoms with van der Waals surface area (Å²) >= 11 is 1.75. The summed E-state index contributed by atoms with van der Waals surface area (Å²) in [6.45, 7) is 4.07. The van der Waals surface area contributed by atoms with Gasteiger partial charge in [-0.1, -0.05) is 0 Å². The van der Waals surface area contributed by atoms with Crippen LogP contribution in [0.15, 0.2) is 55.1 Å². The highest BCUT2D eigenvalue weighted by molar-refractivity contribution is 7.15. The molecular weight excluding hydrogens is 484 g/mol. The molecule has 7 heterocycles. The average molecular weight is 509 g/mol. The highest BCUT2D eigenvalue weighted by Gasteiger charge is 2.18. The first-order valence-corrected chi connectivity index (χ1v) is 13.1. The third-order valence-electron chi connectivity index (χ3n) is 6.68.